The first-order valence-electron chi connectivity index (χ1n) is 6.45. The van der Waals surface area contributed by atoms with Crippen LogP contribution in [0.2, 0.25) is 0 Å². The summed E-state index contributed by atoms with van der Waals surface area (Å²) in [6.45, 7) is 8.53. The predicted octanol–water partition coefficient (Wildman–Crippen LogP) is 3.09. The largest absolute Gasteiger partial charge is 0.461 e. The zero-order chi connectivity index (χ0) is 13.5. The van der Waals surface area contributed by atoms with Gasteiger partial charge in [0.05, 0.1) is 6.61 Å². The van der Waals surface area contributed by atoms with Crippen LogP contribution in [0.5, 0.6) is 0 Å². The average molecular weight is 254 g/mol. The van der Waals surface area contributed by atoms with E-state index in [-0.39, 0.29) is 11.7 Å². The van der Waals surface area contributed by atoms with E-state index < -0.39 is 5.97 Å². The van der Waals surface area contributed by atoms with Crippen molar-refractivity contribution in [3.8, 4) is 0 Å². The number of esters is 1. The fraction of sp³-hybridized carbons (Fsp3) is 0.692. The lowest BCUT2D eigenvalue weighted by Crippen LogP contribution is -2.18. The third kappa shape index (κ3) is 4.39. The van der Waals surface area contributed by atoms with Crippen molar-refractivity contribution in [2.75, 3.05) is 11.9 Å². The van der Waals surface area contributed by atoms with Crippen LogP contribution in [0, 0.1) is 5.92 Å². The van der Waals surface area contributed by atoms with Gasteiger partial charge in [-0.2, -0.15) is 4.98 Å². The summed E-state index contributed by atoms with van der Waals surface area (Å²) in [5, 5.41) is 3.14. The Balaban J connectivity index is 2.50. The van der Waals surface area contributed by atoms with E-state index in [9.17, 15) is 4.79 Å². The summed E-state index contributed by atoms with van der Waals surface area (Å²) in [5.41, 5.74) is 0.204. The molecule has 0 fully saturated rings. The number of anilines is 1. The van der Waals surface area contributed by atoms with Gasteiger partial charge in [-0.25, -0.2) is 4.79 Å². The van der Waals surface area contributed by atoms with Gasteiger partial charge in [0.2, 0.25) is 0 Å². The molecule has 2 unspecified atom stereocenters. The zero-order valence-electron chi connectivity index (χ0n) is 11.5. The third-order valence-corrected chi connectivity index (χ3v) is 2.81. The van der Waals surface area contributed by atoms with Crippen molar-refractivity contribution in [1.29, 1.82) is 0 Å². The standard InChI is InChI=1S/C13H22N2O3/c1-5-9(3)7-10(4)14-13-15-11(8-18-13)12(16)17-6-2/h8-10H,5-7H2,1-4H3,(H,14,15). The number of ether oxygens (including phenoxy) is 1. The number of rotatable bonds is 7. The van der Waals surface area contributed by atoms with Gasteiger partial charge < -0.3 is 14.5 Å². The van der Waals surface area contributed by atoms with Crippen LogP contribution in [0.4, 0.5) is 6.01 Å². The summed E-state index contributed by atoms with van der Waals surface area (Å²) in [7, 11) is 0. The SMILES string of the molecule is CCOC(=O)c1coc(NC(C)CC(C)CC)n1. The van der Waals surface area contributed by atoms with Gasteiger partial charge in [0.1, 0.15) is 6.26 Å². The highest BCUT2D eigenvalue weighted by molar-refractivity contribution is 5.87. The molecule has 0 spiro atoms. The summed E-state index contributed by atoms with van der Waals surface area (Å²) >= 11 is 0. The molecule has 18 heavy (non-hydrogen) atoms. The molecule has 0 aliphatic carbocycles. The minimum absolute atomic E-state index is 0.204. The maximum atomic E-state index is 11.4. The van der Waals surface area contributed by atoms with E-state index >= 15 is 0 Å². The van der Waals surface area contributed by atoms with E-state index in [0.29, 0.717) is 18.5 Å². The van der Waals surface area contributed by atoms with E-state index in [2.05, 4.69) is 31.1 Å². The lowest BCUT2D eigenvalue weighted by molar-refractivity contribution is 0.0519. The molecule has 0 saturated heterocycles. The number of oxazole rings is 1. The van der Waals surface area contributed by atoms with Crippen LogP contribution < -0.4 is 5.32 Å². The van der Waals surface area contributed by atoms with E-state index in [4.69, 9.17) is 9.15 Å². The molecule has 0 saturated carbocycles. The Labute approximate surface area is 108 Å². The maximum absolute atomic E-state index is 11.4. The lowest BCUT2D eigenvalue weighted by Gasteiger charge is -2.15. The van der Waals surface area contributed by atoms with Crippen LogP contribution in [-0.4, -0.2) is 23.6 Å². The first-order valence-corrected chi connectivity index (χ1v) is 6.45. The molecule has 1 N–H and O–H groups in total. The Morgan fingerprint density at radius 3 is 2.83 bits per heavy atom. The molecule has 0 bridgehead atoms. The first kappa shape index (κ1) is 14.5. The van der Waals surface area contributed by atoms with Crippen molar-refractivity contribution in [2.24, 2.45) is 5.92 Å². The molecule has 1 aromatic rings. The average Bonchev–Trinajstić information content (AvgIpc) is 2.77. The number of hydrogen-bond donors (Lipinski definition) is 1. The van der Waals surface area contributed by atoms with Gasteiger partial charge >= 0.3 is 5.97 Å². The van der Waals surface area contributed by atoms with Crippen molar-refractivity contribution in [1.82, 2.24) is 4.98 Å². The molecule has 102 valence electrons. The molecule has 5 heteroatoms. The summed E-state index contributed by atoms with van der Waals surface area (Å²) in [5.74, 6) is 0.191. The molecular weight excluding hydrogens is 232 g/mol. The topological polar surface area (TPSA) is 64.4 Å². The van der Waals surface area contributed by atoms with Gasteiger partial charge in [0.25, 0.3) is 6.01 Å². The van der Waals surface area contributed by atoms with Gasteiger partial charge in [0.15, 0.2) is 5.69 Å². The van der Waals surface area contributed by atoms with Crippen LogP contribution in [0.3, 0.4) is 0 Å². The maximum Gasteiger partial charge on any atom is 0.360 e. The Kier molecular flexibility index (Phi) is 5.68. The third-order valence-electron chi connectivity index (χ3n) is 2.81. The van der Waals surface area contributed by atoms with Crippen molar-refractivity contribution in [2.45, 2.75) is 46.6 Å². The van der Waals surface area contributed by atoms with Gasteiger partial charge in [-0.1, -0.05) is 20.3 Å². The molecule has 2 atom stereocenters. The van der Waals surface area contributed by atoms with Crippen molar-refractivity contribution in [3.05, 3.63) is 12.0 Å². The molecule has 1 aromatic heterocycles. The van der Waals surface area contributed by atoms with Crippen molar-refractivity contribution < 1.29 is 13.9 Å². The Morgan fingerprint density at radius 1 is 1.50 bits per heavy atom. The molecule has 0 aliphatic heterocycles. The molecule has 5 nitrogen and oxygen atoms in total. The zero-order valence-corrected chi connectivity index (χ0v) is 11.5. The normalized spacial score (nSPS) is 14.0. The highest BCUT2D eigenvalue weighted by Crippen LogP contribution is 2.15. The van der Waals surface area contributed by atoms with E-state index in [1.54, 1.807) is 6.92 Å². The fourth-order valence-corrected chi connectivity index (χ4v) is 1.68. The van der Waals surface area contributed by atoms with Crippen LogP contribution in [0.15, 0.2) is 10.7 Å². The Hall–Kier alpha value is -1.52. The molecule has 0 radical (unpaired) electrons. The molecule has 1 rings (SSSR count). The Morgan fingerprint density at radius 2 is 2.22 bits per heavy atom. The van der Waals surface area contributed by atoms with E-state index in [0.717, 1.165) is 12.8 Å². The lowest BCUT2D eigenvalue weighted by atomic mass is 10.0. The molecule has 0 aliphatic rings. The summed E-state index contributed by atoms with van der Waals surface area (Å²) in [6.07, 6.45) is 3.50. The van der Waals surface area contributed by atoms with Crippen LogP contribution in [-0.2, 0) is 4.74 Å². The van der Waals surface area contributed by atoms with Crippen LogP contribution >= 0.6 is 0 Å². The minimum Gasteiger partial charge on any atom is -0.461 e. The molecule has 0 amide bonds. The number of carbonyl (C=O) groups excluding carboxylic acids is 1. The van der Waals surface area contributed by atoms with E-state index in [1.807, 2.05) is 0 Å². The van der Waals surface area contributed by atoms with Gasteiger partial charge in [-0.05, 0) is 26.2 Å². The highest BCUT2D eigenvalue weighted by atomic mass is 16.5. The number of nitrogens with zero attached hydrogens (tertiary/aromatic N) is 1. The second kappa shape index (κ2) is 7.03. The number of nitrogens with one attached hydrogen (secondary N) is 1. The molecular formula is C13H22N2O3. The summed E-state index contributed by atoms with van der Waals surface area (Å²) in [4.78, 5) is 15.4. The Bertz CT molecular complexity index is 376. The predicted molar refractivity (Wildman–Crippen MR) is 69.6 cm³/mol. The van der Waals surface area contributed by atoms with Crippen molar-refractivity contribution in [3.63, 3.8) is 0 Å². The monoisotopic (exact) mass is 254 g/mol. The van der Waals surface area contributed by atoms with Gasteiger partial charge in [-0.15, -0.1) is 0 Å². The fourth-order valence-electron chi connectivity index (χ4n) is 1.68. The number of hydrogen-bond acceptors (Lipinski definition) is 5. The smallest absolute Gasteiger partial charge is 0.360 e. The summed E-state index contributed by atoms with van der Waals surface area (Å²) < 4.78 is 10.0. The van der Waals surface area contributed by atoms with Gasteiger partial charge in [0, 0.05) is 6.04 Å². The molecule has 1 heterocycles. The highest BCUT2D eigenvalue weighted by Gasteiger charge is 2.15. The quantitative estimate of drug-likeness (QED) is 0.757. The van der Waals surface area contributed by atoms with Crippen molar-refractivity contribution >= 4 is 12.0 Å². The number of carbonyl (C=O) groups is 1. The van der Waals surface area contributed by atoms with Crippen LogP contribution in [0.25, 0.3) is 0 Å². The minimum atomic E-state index is -0.455. The first-order chi connectivity index (χ1) is 8.56. The summed E-state index contributed by atoms with van der Waals surface area (Å²) in [6, 6.07) is 0.627. The van der Waals surface area contributed by atoms with Crippen LogP contribution in [0.1, 0.15) is 51.0 Å². The molecule has 0 aromatic carbocycles. The second-order valence-corrected chi connectivity index (χ2v) is 4.55. The second-order valence-electron chi connectivity index (χ2n) is 4.55. The number of aromatic nitrogens is 1. The van der Waals surface area contributed by atoms with Gasteiger partial charge in [-0.3, -0.25) is 0 Å². The van der Waals surface area contributed by atoms with E-state index in [1.165, 1.54) is 6.26 Å².